The molecule has 0 heterocycles. The van der Waals surface area contributed by atoms with Gasteiger partial charge in [-0.25, -0.2) is 4.79 Å². The fourth-order valence-electron chi connectivity index (χ4n) is 2.40. The molecular weight excluding hydrogens is 268 g/mol. The molecule has 0 aliphatic heterocycles. The first-order valence-electron chi connectivity index (χ1n) is 6.60. The van der Waals surface area contributed by atoms with Gasteiger partial charge in [0, 0.05) is 13.5 Å². The summed E-state index contributed by atoms with van der Waals surface area (Å²) >= 11 is 0. The predicted octanol–water partition coefficient (Wildman–Crippen LogP) is 2.86. The topological polar surface area (TPSA) is 55.8 Å². The Morgan fingerprint density at radius 1 is 1.05 bits per heavy atom. The zero-order valence-electron chi connectivity index (χ0n) is 12.1. The van der Waals surface area contributed by atoms with E-state index in [1.807, 2.05) is 30.3 Å². The molecule has 4 heteroatoms. The fraction of sp³-hybridized carbons (Fsp3) is 0.235. The molecule has 110 valence electrons. The molecule has 1 N–H and O–H groups in total. The second-order valence-corrected chi connectivity index (χ2v) is 4.69. The zero-order chi connectivity index (χ0) is 15.3. The molecule has 0 fully saturated rings. The molecule has 0 radical (unpaired) electrons. The van der Waals surface area contributed by atoms with Gasteiger partial charge < -0.3 is 14.6 Å². The van der Waals surface area contributed by atoms with Crippen molar-refractivity contribution in [3.8, 4) is 5.75 Å². The van der Waals surface area contributed by atoms with Crippen molar-refractivity contribution in [3.63, 3.8) is 0 Å². The van der Waals surface area contributed by atoms with Gasteiger partial charge >= 0.3 is 5.97 Å². The number of hydrogen-bond donors (Lipinski definition) is 1. The van der Waals surface area contributed by atoms with Crippen molar-refractivity contribution in [3.05, 3.63) is 65.7 Å². The van der Waals surface area contributed by atoms with Gasteiger partial charge in [0.25, 0.3) is 0 Å². The summed E-state index contributed by atoms with van der Waals surface area (Å²) in [5, 5.41) is 9.74. The molecule has 0 aliphatic rings. The van der Waals surface area contributed by atoms with Gasteiger partial charge in [-0.15, -0.1) is 0 Å². The number of rotatable bonds is 6. The third-order valence-corrected chi connectivity index (χ3v) is 3.57. The van der Waals surface area contributed by atoms with Gasteiger partial charge in [-0.1, -0.05) is 48.5 Å². The summed E-state index contributed by atoms with van der Waals surface area (Å²) in [6.45, 7) is 0. The van der Waals surface area contributed by atoms with Gasteiger partial charge in [-0.3, -0.25) is 0 Å². The van der Waals surface area contributed by atoms with Crippen molar-refractivity contribution < 1.29 is 19.4 Å². The van der Waals surface area contributed by atoms with E-state index in [4.69, 9.17) is 9.47 Å². The van der Waals surface area contributed by atoms with E-state index in [2.05, 4.69) is 0 Å². The molecule has 21 heavy (non-hydrogen) atoms. The summed E-state index contributed by atoms with van der Waals surface area (Å²) in [4.78, 5) is 11.9. The van der Waals surface area contributed by atoms with Crippen LogP contribution in [-0.2, 0) is 21.6 Å². The second kappa shape index (κ2) is 6.41. The molecule has 2 aromatic rings. The first kappa shape index (κ1) is 15.1. The van der Waals surface area contributed by atoms with Crippen LogP contribution in [0, 0.1) is 0 Å². The number of carbonyl (C=O) groups is 1. The predicted molar refractivity (Wildman–Crippen MR) is 79.5 cm³/mol. The van der Waals surface area contributed by atoms with Gasteiger partial charge in [0.2, 0.25) is 0 Å². The number of carboxylic acids is 1. The van der Waals surface area contributed by atoms with Gasteiger partial charge in [-0.2, -0.15) is 0 Å². The quantitative estimate of drug-likeness (QED) is 0.887. The normalized spacial score (nSPS) is 13.4. The number of benzene rings is 2. The van der Waals surface area contributed by atoms with Crippen LogP contribution in [0.15, 0.2) is 54.6 Å². The molecule has 0 amide bonds. The van der Waals surface area contributed by atoms with Gasteiger partial charge in [0.15, 0.2) is 5.60 Å². The van der Waals surface area contributed by atoms with Crippen molar-refractivity contribution in [2.75, 3.05) is 14.2 Å². The summed E-state index contributed by atoms with van der Waals surface area (Å²) in [5.41, 5.74) is -0.0467. The van der Waals surface area contributed by atoms with E-state index < -0.39 is 11.6 Å². The molecule has 1 unspecified atom stereocenters. The summed E-state index contributed by atoms with van der Waals surface area (Å²) in [5.74, 6) is -0.377. The minimum absolute atomic E-state index is 0.187. The number of carboxylic acid groups (broad SMARTS) is 1. The molecule has 0 saturated carbocycles. The summed E-state index contributed by atoms with van der Waals surface area (Å²) in [7, 11) is 2.98. The Labute approximate surface area is 123 Å². The molecule has 0 spiro atoms. The van der Waals surface area contributed by atoms with Crippen molar-refractivity contribution in [2.24, 2.45) is 0 Å². The van der Waals surface area contributed by atoms with Gasteiger partial charge in [-0.05, 0) is 17.2 Å². The minimum Gasteiger partial charge on any atom is -0.496 e. The fourth-order valence-corrected chi connectivity index (χ4v) is 2.40. The average Bonchev–Trinajstić information content (AvgIpc) is 2.53. The smallest absolute Gasteiger partial charge is 0.341 e. The number of aliphatic carboxylic acids is 1. The van der Waals surface area contributed by atoms with Crippen LogP contribution < -0.4 is 4.74 Å². The lowest BCUT2D eigenvalue weighted by Gasteiger charge is -2.29. The minimum atomic E-state index is -1.43. The maximum absolute atomic E-state index is 11.9. The van der Waals surface area contributed by atoms with E-state index in [-0.39, 0.29) is 6.42 Å². The SMILES string of the molecule is COc1ccccc1CC(OC)(C(=O)O)c1ccccc1. The largest absolute Gasteiger partial charge is 0.496 e. The lowest BCUT2D eigenvalue weighted by atomic mass is 9.86. The van der Waals surface area contributed by atoms with E-state index in [1.165, 1.54) is 7.11 Å². The summed E-state index contributed by atoms with van der Waals surface area (Å²) in [6, 6.07) is 16.3. The van der Waals surface area contributed by atoms with Crippen LogP contribution in [0.3, 0.4) is 0 Å². The molecule has 2 rings (SSSR count). The Morgan fingerprint density at radius 2 is 1.67 bits per heavy atom. The second-order valence-electron chi connectivity index (χ2n) is 4.69. The lowest BCUT2D eigenvalue weighted by Crippen LogP contribution is -2.40. The molecule has 0 aliphatic carbocycles. The zero-order valence-corrected chi connectivity index (χ0v) is 12.1. The molecule has 0 saturated heterocycles. The van der Waals surface area contributed by atoms with E-state index >= 15 is 0 Å². The Balaban J connectivity index is 2.49. The highest BCUT2D eigenvalue weighted by atomic mass is 16.5. The Bertz CT molecular complexity index is 609. The van der Waals surface area contributed by atoms with E-state index in [0.717, 1.165) is 5.56 Å². The van der Waals surface area contributed by atoms with Crippen molar-refractivity contribution in [2.45, 2.75) is 12.0 Å². The van der Waals surface area contributed by atoms with Gasteiger partial charge in [0.1, 0.15) is 5.75 Å². The third-order valence-electron chi connectivity index (χ3n) is 3.57. The van der Waals surface area contributed by atoms with Crippen LogP contribution in [-0.4, -0.2) is 25.3 Å². The lowest BCUT2D eigenvalue weighted by molar-refractivity contribution is -0.163. The van der Waals surface area contributed by atoms with Crippen LogP contribution in [0.1, 0.15) is 11.1 Å². The highest BCUT2D eigenvalue weighted by molar-refractivity contribution is 5.80. The molecule has 1 atom stereocenters. The Hall–Kier alpha value is -2.33. The van der Waals surface area contributed by atoms with Crippen molar-refractivity contribution in [1.82, 2.24) is 0 Å². The van der Waals surface area contributed by atoms with Crippen LogP contribution in [0.25, 0.3) is 0 Å². The Kier molecular flexibility index (Phi) is 4.60. The Morgan fingerprint density at radius 3 is 2.24 bits per heavy atom. The van der Waals surface area contributed by atoms with E-state index in [1.54, 1.807) is 31.4 Å². The standard InChI is InChI=1S/C17H18O4/c1-20-15-11-7-6-8-13(15)12-17(21-2,16(18)19)14-9-4-3-5-10-14/h3-11H,12H2,1-2H3,(H,18,19). The number of methoxy groups -OCH3 is 2. The summed E-state index contributed by atoms with van der Waals surface area (Å²) in [6.07, 6.45) is 0.187. The van der Waals surface area contributed by atoms with Crippen LogP contribution in [0.5, 0.6) is 5.75 Å². The highest BCUT2D eigenvalue weighted by Gasteiger charge is 2.41. The number of para-hydroxylation sites is 1. The van der Waals surface area contributed by atoms with Crippen LogP contribution in [0.4, 0.5) is 0 Å². The highest BCUT2D eigenvalue weighted by Crippen LogP contribution is 2.33. The van der Waals surface area contributed by atoms with Crippen molar-refractivity contribution in [1.29, 1.82) is 0 Å². The maximum atomic E-state index is 11.9. The summed E-state index contributed by atoms with van der Waals surface area (Å²) < 4.78 is 10.7. The van der Waals surface area contributed by atoms with Crippen LogP contribution in [0.2, 0.25) is 0 Å². The van der Waals surface area contributed by atoms with Gasteiger partial charge in [0.05, 0.1) is 7.11 Å². The monoisotopic (exact) mass is 286 g/mol. The van der Waals surface area contributed by atoms with E-state index in [0.29, 0.717) is 11.3 Å². The molecule has 2 aromatic carbocycles. The maximum Gasteiger partial charge on any atom is 0.341 e. The molecule has 4 nitrogen and oxygen atoms in total. The molecule has 0 aromatic heterocycles. The first-order valence-corrected chi connectivity index (χ1v) is 6.60. The van der Waals surface area contributed by atoms with Crippen molar-refractivity contribution >= 4 is 5.97 Å². The molecule has 0 bridgehead atoms. The third kappa shape index (κ3) is 2.90. The van der Waals surface area contributed by atoms with E-state index in [9.17, 15) is 9.90 Å². The first-order chi connectivity index (χ1) is 10.1. The molecular formula is C17H18O4. The van der Waals surface area contributed by atoms with Crippen LogP contribution >= 0.6 is 0 Å². The average molecular weight is 286 g/mol. The number of hydrogen-bond acceptors (Lipinski definition) is 3. The number of ether oxygens (including phenoxy) is 2.